The molecule has 4 rings (SSSR count). The van der Waals surface area contributed by atoms with Crippen LogP contribution in [0.25, 0.3) is 11.0 Å². The summed E-state index contributed by atoms with van der Waals surface area (Å²) in [5, 5.41) is 11.1. The van der Waals surface area contributed by atoms with Crippen LogP contribution in [0.2, 0.25) is 0 Å². The maximum Gasteiger partial charge on any atom is 0.161 e. The summed E-state index contributed by atoms with van der Waals surface area (Å²) in [6, 6.07) is 11.8. The molecule has 0 bridgehead atoms. The molecule has 3 aromatic rings. The number of rotatable bonds is 2. The lowest BCUT2D eigenvalue weighted by Crippen LogP contribution is -2.29. The predicted octanol–water partition coefficient (Wildman–Crippen LogP) is 3.79. The largest absolute Gasteiger partial charge is 0.385 e. The van der Waals surface area contributed by atoms with Gasteiger partial charge in [0.1, 0.15) is 5.82 Å². The number of halogens is 2. The van der Waals surface area contributed by atoms with Crippen molar-refractivity contribution in [3.63, 3.8) is 0 Å². The van der Waals surface area contributed by atoms with E-state index in [-0.39, 0.29) is 0 Å². The number of aliphatic hydroxyl groups is 1. The molecule has 1 fully saturated rings. The maximum absolute atomic E-state index is 13.5. The third-order valence-electron chi connectivity index (χ3n) is 5.02. The fourth-order valence-electron chi connectivity index (χ4n) is 3.54. The van der Waals surface area contributed by atoms with E-state index in [1.54, 1.807) is 6.20 Å². The Morgan fingerprint density at radius 2 is 1.69 bits per heavy atom. The minimum Gasteiger partial charge on any atom is -0.385 e. The Hall–Kier alpha value is -2.60. The van der Waals surface area contributed by atoms with Crippen molar-refractivity contribution in [1.29, 1.82) is 0 Å². The molecule has 0 aliphatic carbocycles. The predicted molar refractivity (Wildman–Crippen MR) is 95.9 cm³/mol. The Balaban J connectivity index is 1.59. The highest BCUT2D eigenvalue weighted by Crippen LogP contribution is 2.33. The first-order chi connectivity index (χ1) is 12.5. The molecular formula is C20H19F2N3O. The summed E-state index contributed by atoms with van der Waals surface area (Å²) >= 11 is 0. The van der Waals surface area contributed by atoms with E-state index in [1.807, 2.05) is 35.2 Å². The fraction of sp³-hybridized carbons (Fsp3) is 0.300. The van der Waals surface area contributed by atoms with Gasteiger partial charge in [-0.2, -0.15) is 0 Å². The summed E-state index contributed by atoms with van der Waals surface area (Å²) in [7, 11) is 0. The average molecular weight is 355 g/mol. The van der Waals surface area contributed by atoms with Gasteiger partial charge in [0.15, 0.2) is 11.6 Å². The first kappa shape index (κ1) is 16.8. The van der Waals surface area contributed by atoms with Gasteiger partial charge < -0.3 is 10.0 Å². The van der Waals surface area contributed by atoms with E-state index in [4.69, 9.17) is 0 Å². The molecule has 1 saturated heterocycles. The van der Waals surface area contributed by atoms with E-state index < -0.39 is 17.2 Å². The summed E-state index contributed by atoms with van der Waals surface area (Å²) in [4.78, 5) is 10.7. The summed E-state index contributed by atoms with van der Waals surface area (Å²) in [6.07, 6.45) is 3.60. The normalized spacial score (nSPS) is 21.0. The molecule has 1 atom stereocenters. The number of hydrogen-bond acceptors (Lipinski definition) is 4. The fourth-order valence-corrected chi connectivity index (χ4v) is 3.54. The molecule has 4 nitrogen and oxygen atoms in total. The molecule has 6 heteroatoms. The monoisotopic (exact) mass is 355 g/mol. The van der Waals surface area contributed by atoms with Crippen LogP contribution in [0.15, 0.2) is 48.7 Å². The molecule has 134 valence electrons. The lowest BCUT2D eigenvalue weighted by molar-refractivity contribution is 0.0244. The Bertz CT molecular complexity index is 935. The molecule has 1 aliphatic rings. The van der Waals surface area contributed by atoms with Gasteiger partial charge in [-0.05, 0) is 24.8 Å². The lowest BCUT2D eigenvalue weighted by Gasteiger charge is -2.27. The highest BCUT2D eigenvalue weighted by atomic mass is 19.2. The number of benzene rings is 2. The molecule has 0 spiro atoms. The third kappa shape index (κ3) is 3.12. The standard InChI is InChI=1S/C20H19F2N3O/c21-15-11-17-18(12-16(15)22)24-19(13-23-17)25-9-4-7-20(26,8-10-25)14-5-2-1-3-6-14/h1-3,5-6,11-13,26H,4,7-10H2. The van der Waals surface area contributed by atoms with E-state index in [2.05, 4.69) is 9.97 Å². The van der Waals surface area contributed by atoms with Gasteiger partial charge in [0.25, 0.3) is 0 Å². The number of nitrogens with zero attached hydrogens (tertiary/aromatic N) is 3. The zero-order valence-corrected chi connectivity index (χ0v) is 14.2. The first-order valence-corrected chi connectivity index (χ1v) is 8.70. The highest BCUT2D eigenvalue weighted by Gasteiger charge is 2.32. The van der Waals surface area contributed by atoms with Crippen LogP contribution in [-0.4, -0.2) is 28.2 Å². The number of fused-ring (bicyclic) bond motifs is 1. The molecule has 26 heavy (non-hydrogen) atoms. The molecule has 0 amide bonds. The summed E-state index contributed by atoms with van der Waals surface area (Å²) < 4.78 is 26.8. The van der Waals surface area contributed by atoms with E-state index >= 15 is 0 Å². The van der Waals surface area contributed by atoms with Gasteiger partial charge in [-0.25, -0.2) is 13.8 Å². The summed E-state index contributed by atoms with van der Waals surface area (Å²) in [5.74, 6) is -1.25. The second-order valence-electron chi connectivity index (χ2n) is 6.72. The van der Waals surface area contributed by atoms with Crippen LogP contribution in [-0.2, 0) is 5.60 Å². The zero-order chi connectivity index (χ0) is 18.1. The van der Waals surface area contributed by atoms with Crippen molar-refractivity contribution >= 4 is 16.9 Å². The van der Waals surface area contributed by atoms with Gasteiger partial charge in [0, 0.05) is 25.2 Å². The number of hydrogen-bond donors (Lipinski definition) is 1. The van der Waals surface area contributed by atoms with E-state index in [0.717, 1.165) is 30.7 Å². The Morgan fingerprint density at radius 3 is 2.46 bits per heavy atom. The topological polar surface area (TPSA) is 49.2 Å². The van der Waals surface area contributed by atoms with Gasteiger partial charge in [0.05, 0.1) is 22.8 Å². The molecular weight excluding hydrogens is 336 g/mol. The first-order valence-electron chi connectivity index (χ1n) is 8.70. The van der Waals surface area contributed by atoms with Gasteiger partial charge in [-0.1, -0.05) is 30.3 Å². The lowest BCUT2D eigenvalue weighted by atomic mass is 9.87. The van der Waals surface area contributed by atoms with Crippen LogP contribution in [0.4, 0.5) is 14.6 Å². The molecule has 0 radical (unpaired) electrons. The van der Waals surface area contributed by atoms with Crippen LogP contribution in [0.3, 0.4) is 0 Å². The van der Waals surface area contributed by atoms with Crippen LogP contribution in [0, 0.1) is 11.6 Å². The summed E-state index contributed by atoms with van der Waals surface area (Å²) in [6.45, 7) is 1.33. The average Bonchev–Trinajstić information content (AvgIpc) is 2.86. The van der Waals surface area contributed by atoms with Crippen molar-refractivity contribution in [1.82, 2.24) is 9.97 Å². The van der Waals surface area contributed by atoms with Crippen molar-refractivity contribution in [2.24, 2.45) is 0 Å². The van der Waals surface area contributed by atoms with Crippen molar-refractivity contribution in [2.45, 2.75) is 24.9 Å². The van der Waals surface area contributed by atoms with E-state index in [0.29, 0.717) is 36.2 Å². The summed E-state index contributed by atoms with van der Waals surface area (Å²) in [5.41, 5.74) is 0.700. The zero-order valence-electron chi connectivity index (χ0n) is 14.2. The SMILES string of the molecule is OC1(c2ccccc2)CCCN(c2cnc3cc(F)c(F)cc3n2)CC1. The minimum atomic E-state index is -0.932. The number of aromatic nitrogens is 2. The van der Waals surface area contributed by atoms with E-state index in [9.17, 15) is 13.9 Å². The minimum absolute atomic E-state index is 0.322. The van der Waals surface area contributed by atoms with Crippen LogP contribution >= 0.6 is 0 Å². The van der Waals surface area contributed by atoms with Gasteiger partial charge in [-0.15, -0.1) is 0 Å². The Morgan fingerprint density at radius 1 is 0.962 bits per heavy atom. The van der Waals surface area contributed by atoms with Gasteiger partial charge >= 0.3 is 0 Å². The molecule has 1 N–H and O–H groups in total. The Kier molecular flexibility index (Phi) is 4.28. The molecule has 1 aromatic heterocycles. The quantitative estimate of drug-likeness (QED) is 0.760. The Labute approximate surface area is 150 Å². The van der Waals surface area contributed by atoms with Crippen molar-refractivity contribution in [3.8, 4) is 0 Å². The second-order valence-corrected chi connectivity index (χ2v) is 6.72. The van der Waals surface area contributed by atoms with Gasteiger partial charge in [-0.3, -0.25) is 4.98 Å². The van der Waals surface area contributed by atoms with E-state index in [1.165, 1.54) is 0 Å². The third-order valence-corrected chi connectivity index (χ3v) is 5.02. The smallest absolute Gasteiger partial charge is 0.161 e. The second kappa shape index (κ2) is 6.61. The van der Waals surface area contributed by atoms with Crippen LogP contribution < -0.4 is 4.90 Å². The highest BCUT2D eigenvalue weighted by molar-refractivity contribution is 5.75. The van der Waals surface area contributed by atoms with Gasteiger partial charge in [0.2, 0.25) is 0 Å². The molecule has 1 aliphatic heterocycles. The molecule has 1 unspecified atom stereocenters. The van der Waals surface area contributed by atoms with Crippen LogP contribution in [0.1, 0.15) is 24.8 Å². The molecule has 2 aromatic carbocycles. The van der Waals surface area contributed by atoms with Crippen molar-refractivity contribution in [2.75, 3.05) is 18.0 Å². The van der Waals surface area contributed by atoms with Crippen molar-refractivity contribution in [3.05, 3.63) is 65.9 Å². The maximum atomic E-state index is 13.5. The molecule has 0 saturated carbocycles. The van der Waals surface area contributed by atoms with Crippen LogP contribution in [0.5, 0.6) is 0 Å². The molecule has 2 heterocycles. The van der Waals surface area contributed by atoms with Crippen molar-refractivity contribution < 1.29 is 13.9 Å². The number of anilines is 1.